The summed E-state index contributed by atoms with van der Waals surface area (Å²) < 4.78 is 13.0. The minimum absolute atomic E-state index is 0.0451. The highest BCUT2D eigenvalue weighted by Crippen LogP contribution is 2.12. The van der Waals surface area contributed by atoms with Gasteiger partial charge in [-0.15, -0.1) is 0 Å². The molecule has 1 aromatic heterocycles. The lowest BCUT2D eigenvalue weighted by molar-refractivity contribution is -0.130. The maximum Gasteiger partial charge on any atom is 0.227 e. The zero-order valence-corrected chi connectivity index (χ0v) is 8.90. The number of pyridine rings is 1. The fraction of sp³-hybridized carbons (Fsp3) is 0.333. The molecular weight excluding hydrogens is 207 g/mol. The number of carbonyl (C=O) groups is 1. The minimum atomic E-state index is -0.217. The van der Waals surface area contributed by atoms with Gasteiger partial charge in [0.15, 0.2) is 0 Å². The molecule has 1 aromatic rings. The van der Waals surface area contributed by atoms with Gasteiger partial charge in [0.2, 0.25) is 5.91 Å². The molecule has 3 nitrogen and oxygen atoms in total. The molecule has 0 aromatic carbocycles. The van der Waals surface area contributed by atoms with Gasteiger partial charge in [-0.25, -0.2) is 4.39 Å². The monoisotopic (exact) mass is 220 g/mol. The third-order valence-corrected chi connectivity index (χ3v) is 2.54. The van der Waals surface area contributed by atoms with Crippen LogP contribution in [-0.4, -0.2) is 28.9 Å². The largest absolute Gasteiger partial charge is 0.335 e. The molecule has 0 saturated heterocycles. The molecule has 0 spiro atoms. The number of nitrogens with zero attached hydrogens (tertiary/aromatic N) is 2. The number of amides is 1. The fourth-order valence-corrected chi connectivity index (χ4v) is 1.70. The van der Waals surface area contributed by atoms with Crippen molar-refractivity contribution < 1.29 is 9.18 Å². The molecule has 1 aliphatic rings. The van der Waals surface area contributed by atoms with Gasteiger partial charge in [0.25, 0.3) is 0 Å². The summed E-state index contributed by atoms with van der Waals surface area (Å²) in [6.07, 6.45) is 5.75. The van der Waals surface area contributed by atoms with Gasteiger partial charge in [-0.3, -0.25) is 9.78 Å². The second kappa shape index (κ2) is 4.88. The van der Waals surface area contributed by atoms with Crippen molar-refractivity contribution in [3.8, 4) is 0 Å². The normalized spacial score (nSPS) is 15.8. The molecule has 0 unspecified atom stereocenters. The second-order valence-electron chi connectivity index (χ2n) is 3.79. The van der Waals surface area contributed by atoms with E-state index < -0.39 is 0 Å². The first kappa shape index (κ1) is 10.8. The maximum atomic E-state index is 13.0. The van der Waals surface area contributed by atoms with Crippen LogP contribution < -0.4 is 0 Å². The van der Waals surface area contributed by atoms with Crippen molar-refractivity contribution in [1.82, 2.24) is 9.88 Å². The van der Waals surface area contributed by atoms with Crippen LogP contribution in [0, 0.1) is 0 Å². The first-order valence-corrected chi connectivity index (χ1v) is 5.27. The van der Waals surface area contributed by atoms with Crippen molar-refractivity contribution in [3.63, 3.8) is 0 Å². The van der Waals surface area contributed by atoms with E-state index in [0.717, 1.165) is 5.56 Å². The highest BCUT2D eigenvalue weighted by atomic mass is 19.1. The predicted molar refractivity (Wildman–Crippen MR) is 58.3 cm³/mol. The zero-order valence-electron chi connectivity index (χ0n) is 8.90. The van der Waals surface area contributed by atoms with Gasteiger partial charge in [-0.2, -0.15) is 0 Å². The summed E-state index contributed by atoms with van der Waals surface area (Å²) >= 11 is 0. The van der Waals surface area contributed by atoms with Crippen LogP contribution in [0.4, 0.5) is 4.39 Å². The van der Waals surface area contributed by atoms with E-state index >= 15 is 0 Å². The molecule has 2 heterocycles. The number of hydrogen-bond donors (Lipinski definition) is 0. The first-order valence-electron chi connectivity index (χ1n) is 5.27. The number of halogens is 1. The van der Waals surface area contributed by atoms with Crippen LogP contribution in [0.1, 0.15) is 12.0 Å². The van der Waals surface area contributed by atoms with Gasteiger partial charge in [-0.05, 0) is 24.1 Å². The third-order valence-electron chi connectivity index (χ3n) is 2.54. The third kappa shape index (κ3) is 2.66. The molecule has 1 aliphatic heterocycles. The van der Waals surface area contributed by atoms with Crippen LogP contribution in [0.15, 0.2) is 36.4 Å². The van der Waals surface area contributed by atoms with E-state index in [4.69, 9.17) is 0 Å². The van der Waals surface area contributed by atoms with Crippen molar-refractivity contribution in [2.24, 2.45) is 0 Å². The Morgan fingerprint density at radius 3 is 3.12 bits per heavy atom. The zero-order chi connectivity index (χ0) is 11.4. The minimum Gasteiger partial charge on any atom is -0.335 e. The maximum absolute atomic E-state index is 13.0. The Morgan fingerprint density at radius 1 is 1.56 bits per heavy atom. The molecule has 2 rings (SSSR count). The molecular formula is C12H13FN2O. The average molecular weight is 220 g/mol. The van der Waals surface area contributed by atoms with E-state index in [9.17, 15) is 9.18 Å². The van der Waals surface area contributed by atoms with Crippen LogP contribution in [-0.2, 0) is 11.2 Å². The van der Waals surface area contributed by atoms with E-state index in [2.05, 4.69) is 4.98 Å². The summed E-state index contributed by atoms with van der Waals surface area (Å²) in [6.45, 7) is 0.714. The molecule has 16 heavy (non-hydrogen) atoms. The van der Waals surface area contributed by atoms with Crippen molar-refractivity contribution in [3.05, 3.63) is 42.0 Å². The molecule has 0 saturated carbocycles. The Labute approximate surface area is 93.6 Å². The summed E-state index contributed by atoms with van der Waals surface area (Å²) in [5, 5.41) is 0. The van der Waals surface area contributed by atoms with Gasteiger partial charge in [-0.1, -0.05) is 6.07 Å². The summed E-state index contributed by atoms with van der Waals surface area (Å²) in [4.78, 5) is 17.3. The standard InChI is InChI=1S/C12H13FN2O/c13-11-4-2-6-15(9-11)12(16)7-10-3-1-5-14-8-10/h1,3-5,8H,2,6-7,9H2. The number of carbonyl (C=O) groups excluding carboxylic acids is 1. The van der Waals surface area contributed by atoms with Crippen LogP contribution in [0.25, 0.3) is 0 Å². The summed E-state index contributed by atoms with van der Waals surface area (Å²) in [5.74, 6) is -0.262. The van der Waals surface area contributed by atoms with Crippen molar-refractivity contribution in [1.29, 1.82) is 0 Å². The van der Waals surface area contributed by atoms with E-state index in [1.807, 2.05) is 6.07 Å². The summed E-state index contributed by atoms with van der Waals surface area (Å²) in [7, 11) is 0. The van der Waals surface area contributed by atoms with Crippen molar-refractivity contribution >= 4 is 5.91 Å². The molecule has 0 N–H and O–H groups in total. The van der Waals surface area contributed by atoms with E-state index in [-0.39, 0.29) is 18.3 Å². The smallest absolute Gasteiger partial charge is 0.227 e. The lowest BCUT2D eigenvalue weighted by Gasteiger charge is -2.24. The Morgan fingerprint density at radius 2 is 2.44 bits per heavy atom. The van der Waals surface area contributed by atoms with Crippen LogP contribution in [0.5, 0.6) is 0 Å². The van der Waals surface area contributed by atoms with Gasteiger partial charge in [0, 0.05) is 18.9 Å². The molecule has 0 fully saturated rings. The molecule has 0 aliphatic carbocycles. The van der Waals surface area contributed by atoms with Gasteiger partial charge >= 0.3 is 0 Å². The Hall–Kier alpha value is -1.71. The summed E-state index contributed by atoms with van der Waals surface area (Å²) in [6, 6.07) is 3.64. The Bertz CT molecular complexity index is 403. The van der Waals surface area contributed by atoms with Crippen LogP contribution >= 0.6 is 0 Å². The van der Waals surface area contributed by atoms with E-state index in [0.29, 0.717) is 19.4 Å². The number of rotatable bonds is 2. The van der Waals surface area contributed by atoms with Crippen molar-refractivity contribution in [2.75, 3.05) is 13.1 Å². The fourth-order valence-electron chi connectivity index (χ4n) is 1.70. The topological polar surface area (TPSA) is 33.2 Å². The van der Waals surface area contributed by atoms with E-state index in [1.54, 1.807) is 23.4 Å². The average Bonchev–Trinajstić information content (AvgIpc) is 2.30. The van der Waals surface area contributed by atoms with Crippen LogP contribution in [0.2, 0.25) is 0 Å². The van der Waals surface area contributed by atoms with E-state index in [1.165, 1.54) is 6.08 Å². The Balaban J connectivity index is 1.96. The number of aromatic nitrogens is 1. The first-order chi connectivity index (χ1) is 7.75. The Kier molecular flexibility index (Phi) is 3.29. The SMILES string of the molecule is O=C(Cc1cccnc1)N1CCC=C(F)C1. The summed E-state index contributed by atoms with van der Waals surface area (Å²) in [5.41, 5.74) is 0.863. The quantitative estimate of drug-likeness (QED) is 0.760. The van der Waals surface area contributed by atoms with Gasteiger partial charge < -0.3 is 4.90 Å². The predicted octanol–water partition coefficient (Wildman–Crippen LogP) is 1.71. The molecule has 84 valence electrons. The lowest BCUT2D eigenvalue weighted by atomic mass is 10.1. The highest BCUT2D eigenvalue weighted by Gasteiger charge is 2.18. The van der Waals surface area contributed by atoms with Crippen LogP contribution in [0.3, 0.4) is 0 Å². The molecule has 0 radical (unpaired) electrons. The second-order valence-corrected chi connectivity index (χ2v) is 3.79. The number of hydrogen-bond acceptors (Lipinski definition) is 2. The van der Waals surface area contributed by atoms with Gasteiger partial charge in [0.1, 0.15) is 5.83 Å². The molecule has 1 amide bonds. The van der Waals surface area contributed by atoms with Crippen molar-refractivity contribution in [2.45, 2.75) is 12.8 Å². The lowest BCUT2D eigenvalue weighted by Crippen LogP contribution is -2.36. The molecule has 0 bridgehead atoms. The van der Waals surface area contributed by atoms with Gasteiger partial charge in [0.05, 0.1) is 13.0 Å². The highest BCUT2D eigenvalue weighted by molar-refractivity contribution is 5.79. The molecule has 4 heteroatoms. The molecule has 0 atom stereocenters.